The van der Waals surface area contributed by atoms with E-state index in [0.717, 1.165) is 61.0 Å². The quantitative estimate of drug-likeness (QED) is 0.149. The van der Waals surface area contributed by atoms with E-state index in [1.54, 1.807) is 0 Å². The number of para-hydroxylation sites is 3. The molecule has 0 atom stereocenters. The van der Waals surface area contributed by atoms with Gasteiger partial charge in [-0.25, -0.2) is 0 Å². The van der Waals surface area contributed by atoms with E-state index in [4.69, 9.17) is 9.72 Å². The van der Waals surface area contributed by atoms with E-state index in [-0.39, 0.29) is 5.41 Å². The summed E-state index contributed by atoms with van der Waals surface area (Å²) in [5, 5.41) is 2.24. The molecule has 0 N–H and O–H groups in total. The fourth-order valence-electron chi connectivity index (χ4n) is 9.36. The van der Waals surface area contributed by atoms with Crippen molar-refractivity contribution in [3.8, 4) is 50.9 Å². The fourth-order valence-corrected chi connectivity index (χ4v) is 10.4. The minimum absolute atomic E-state index is 0.0215. The van der Waals surface area contributed by atoms with Crippen molar-refractivity contribution in [1.82, 2.24) is 18.7 Å². The first-order valence-electron chi connectivity index (χ1n) is 21.4. The van der Waals surface area contributed by atoms with Crippen LogP contribution in [0.4, 0.5) is 0 Å². The third-order valence-electron chi connectivity index (χ3n) is 12.3. The van der Waals surface area contributed by atoms with Gasteiger partial charge in [0, 0.05) is 6.20 Å². The van der Waals surface area contributed by atoms with Crippen LogP contribution in [0.25, 0.3) is 72.3 Å². The number of hydrogen-bond donors (Lipinski definition) is 0. The van der Waals surface area contributed by atoms with Crippen LogP contribution in [0.3, 0.4) is 0 Å². The van der Waals surface area contributed by atoms with Crippen LogP contribution in [0.2, 0.25) is 0 Å². The molecule has 3 heterocycles. The van der Waals surface area contributed by atoms with Crippen LogP contribution in [0.5, 0.6) is 11.5 Å². The minimum atomic E-state index is -0.0215. The molecule has 0 amide bonds. The van der Waals surface area contributed by atoms with Crippen LogP contribution < -0.4 is 4.74 Å². The summed E-state index contributed by atoms with van der Waals surface area (Å²) in [6, 6.07) is 63.5. The third-order valence-corrected chi connectivity index (χ3v) is 13.3. The van der Waals surface area contributed by atoms with Gasteiger partial charge in [0.25, 0.3) is 0 Å². The van der Waals surface area contributed by atoms with E-state index in [1.165, 1.54) is 57.5 Å². The molecule has 1 aliphatic rings. The second-order valence-corrected chi connectivity index (χ2v) is 18.2. The van der Waals surface area contributed by atoms with Crippen molar-refractivity contribution < 1.29 is 24.1 Å². The van der Waals surface area contributed by atoms with Gasteiger partial charge in [0.2, 0.25) is 0 Å². The molecule has 306 valence electrons. The summed E-state index contributed by atoms with van der Waals surface area (Å²) in [5.41, 5.74) is 15.4. The third kappa shape index (κ3) is 6.58. The SMILES string of the molecule is CC(C)(C)c1ccnc(-n2c3[c-]c(Oc4[c-]c(-n5[c](=[Pt])n(-c6c(-c7ccccc7)cc7c(c6-c6ccccc6)CCCC7)c6ccccc65)ccc4)ccc3c3ccccc32)c1. The zero-order valence-electron chi connectivity index (χ0n) is 34.9. The number of aromatic nitrogens is 4. The summed E-state index contributed by atoms with van der Waals surface area (Å²) >= 11 is 2.52. The number of nitrogens with zero attached hydrogens (tertiary/aromatic N) is 4. The maximum absolute atomic E-state index is 6.71. The Morgan fingerprint density at radius 2 is 1.27 bits per heavy atom. The Balaban J connectivity index is 1.07. The molecular weight excluding hydrogens is 940 g/mol. The van der Waals surface area contributed by atoms with Gasteiger partial charge in [0.05, 0.1) is 0 Å². The van der Waals surface area contributed by atoms with E-state index in [2.05, 4.69) is 212 Å². The van der Waals surface area contributed by atoms with E-state index in [1.807, 2.05) is 18.3 Å². The first-order valence-corrected chi connectivity index (χ1v) is 22.6. The van der Waals surface area contributed by atoms with E-state index in [9.17, 15) is 0 Å². The van der Waals surface area contributed by atoms with Gasteiger partial charge in [-0.1, -0.05) is 32.9 Å². The fraction of sp³-hybridized carbons (Fsp3) is 0.143. The van der Waals surface area contributed by atoms with Crippen molar-refractivity contribution in [3.05, 3.63) is 197 Å². The molecule has 62 heavy (non-hydrogen) atoms. The average Bonchev–Trinajstić information content (AvgIpc) is 3.79. The van der Waals surface area contributed by atoms with Crippen LogP contribution in [0.1, 0.15) is 50.3 Å². The van der Waals surface area contributed by atoms with E-state index in [0.29, 0.717) is 11.5 Å². The zero-order valence-corrected chi connectivity index (χ0v) is 37.2. The Bertz CT molecular complexity index is 3390. The van der Waals surface area contributed by atoms with Crippen LogP contribution in [0.15, 0.2) is 164 Å². The second kappa shape index (κ2) is 15.4. The van der Waals surface area contributed by atoms with Crippen LogP contribution in [0, 0.1) is 15.9 Å². The molecule has 3 aromatic heterocycles. The molecule has 0 saturated heterocycles. The summed E-state index contributed by atoms with van der Waals surface area (Å²) < 4.78 is 14.7. The van der Waals surface area contributed by atoms with Crippen molar-refractivity contribution in [3.63, 3.8) is 0 Å². The van der Waals surface area contributed by atoms with Crippen molar-refractivity contribution in [2.75, 3.05) is 0 Å². The van der Waals surface area contributed by atoms with Crippen molar-refractivity contribution in [2.24, 2.45) is 0 Å². The molecule has 10 aromatic rings. The summed E-state index contributed by atoms with van der Waals surface area (Å²) in [4.78, 5) is 4.87. The molecule has 0 aliphatic heterocycles. The first-order chi connectivity index (χ1) is 30.3. The predicted octanol–water partition coefficient (Wildman–Crippen LogP) is 13.9. The van der Waals surface area contributed by atoms with Crippen LogP contribution >= 0.6 is 0 Å². The first kappa shape index (κ1) is 38.4. The van der Waals surface area contributed by atoms with E-state index >= 15 is 0 Å². The van der Waals surface area contributed by atoms with Crippen molar-refractivity contribution >= 4 is 32.8 Å². The average molecular weight is 984 g/mol. The molecule has 7 aromatic carbocycles. The van der Waals surface area contributed by atoms with Crippen molar-refractivity contribution in [2.45, 2.75) is 51.9 Å². The number of benzene rings is 7. The number of aryl methyl sites for hydroxylation is 1. The standard InChI is InChI=1S/C56H44N4O.Pt/c1-56(2,3)41-31-32-57-53(34-41)60-49-26-13-12-25-46(49)47-30-29-44(36-52(47)60)61-43-23-16-22-42(35-43)58-37-59(51-28-15-14-27-50(51)58)55-48(38-17-6-4-7-18-38)33-40-21-10-11-24-45(40)54(55)39-19-8-5-9-20-39;/h4-9,12-20,22-23,25-34H,10-11,21,24H2,1-3H3;/q-2;. The molecule has 0 bridgehead atoms. The second-order valence-electron chi connectivity index (χ2n) is 17.2. The van der Waals surface area contributed by atoms with Gasteiger partial charge in [0.15, 0.2) is 0 Å². The Hall–Kier alpha value is -6.55. The molecule has 0 unspecified atom stereocenters. The van der Waals surface area contributed by atoms with Gasteiger partial charge in [-0.3, -0.25) is 0 Å². The molecule has 1 aliphatic carbocycles. The van der Waals surface area contributed by atoms with E-state index < -0.39 is 0 Å². The maximum atomic E-state index is 6.71. The Kier molecular flexibility index (Phi) is 9.54. The molecule has 6 heteroatoms. The number of ether oxygens (including phenoxy) is 1. The molecule has 11 rings (SSSR count). The topological polar surface area (TPSA) is 36.9 Å². The Labute approximate surface area is 372 Å². The van der Waals surface area contributed by atoms with Gasteiger partial charge < -0.3 is 0 Å². The van der Waals surface area contributed by atoms with Gasteiger partial charge in [-0.15, -0.1) is 0 Å². The number of hydrogen-bond acceptors (Lipinski definition) is 2. The van der Waals surface area contributed by atoms with Gasteiger partial charge in [0.1, 0.15) is 0 Å². The Morgan fingerprint density at radius 1 is 0.597 bits per heavy atom. The number of pyridine rings is 1. The molecule has 0 spiro atoms. The van der Waals surface area contributed by atoms with Crippen LogP contribution in [-0.4, -0.2) is 18.7 Å². The Morgan fingerprint density at radius 3 is 2.05 bits per heavy atom. The number of fused-ring (bicyclic) bond motifs is 5. The zero-order chi connectivity index (χ0) is 42.0. The number of imidazole rings is 1. The van der Waals surface area contributed by atoms with Gasteiger partial charge >= 0.3 is 319 Å². The summed E-state index contributed by atoms with van der Waals surface area (Å²) in [5.74, 6) is 2.08. The summed E-state index contributed by atoms with van der Waals surface area (Å²) in [6.45, 7) is 6.70. The van der Waals surface area contributed by atoms with Crippen LogP contribution in [-0.2, 0) is 37.6 Å². The number of rotatable bonds is 7. The molecule has 0 radical (unpaired) electrons. The summed E-state index contributed by atoms with van der Waals surface area (Å²) in [6.07, 6.45) is 6.47. The molecule has 5 nitrogen and oxygen atoms in total. The molecular formula is C56H44N4OPt-2. The van der Waals surface area contributed by atoms with Gasteiger partial charge in [-0.2, -0.15) is 0 Å². The molecule has 0 saturated carbocycles. The van der Waals surface area contributed by atoms with Crippen molar-refractivity contribution in [1.29, 1.82) is 0 Å². The van der Waals surface area contributed by atoms with Gasteiger partial charge in [-0.05, 0) is 17.0 Å². The molecule has 0 fully saturated rings. The predicted molar refractivity (Wildman–Crippen MR) is 248 cm³/mol. The normalized spacial score (nSPS) is 12.9. The summed E-state index contributed by atoms with van der Waals surface area (Å²) in [7, 11) is 0. The monoisotopic (exact) mass is 983 g/mol.